The molecule has 0 fully saturated rings. The number of nitro benzene ring substituents is 1. The molecule has 0 unspecified atom stereocenters. The fourth-order valence-electron chi connectivity index (χ4n) is 1.69. The van der Waals surface area contributed by atoms with Crippen molar-refractivity contribution in [3.63, 3.8) is 0 Å². The molecule has 0 aliphatic rings. The van der Waals surface area contributed by atoms with E-state index in [9.17, 15) is 19.7 Å². The summed E-state index contributed by atoms with van der Waals surface area (Å²) in [5, 5.41) is 13.3. The van der Waals surface area contributed by atoms with Crippen molar-refractivity contribution < 1.29 is 14.5 Å². The number of carbonyl (C=O) groups excluding carboxylic acids is 2. The van der Waals surface area contributed by atoms with Crippen LogP contribution in [0.25, 0.3) is 0 Å². The van der Waals surface area contributed by atoms with E-state index in [4.69, 9.17) is 0 Å². The van der Waals surface area contributed by atoms with Gasteiger partial charge in [-0.3, -0.25) is 19.7 Å². The lowest BCUT2D eigenvalue weighted by atomic mass is 10.1. The van der Waals surface area contributed by atoms with Crippen molar-refractivity contribution in [1.82, 2.24) is 10.2 Å². The van der Waals surface area contributed by atoms with Crippen LogP contribution >= 0.6 is 0 Å². The summed E-state index contributed by atoms with van der Waals surface area (Å²) in [5.41, 5.74) is 0.0512. The standard InChI is InChI=1S/C13H17N3O4/c1-3-14-12(17)9-15(4-2)13(18)10-6-5-7-11(8-10)16(19)20/h5-8H,3-4,9H2,1-2H3,(H,14,17). The van der Waals surface area contributed by atoms with E-state index in [1.54, 1.807) is 13.8 Å². The van der Waals surface area contributed by atoms with Gasteiger partial charge in [-0.25, -0.2) is 0 Å². The number of nitrogens with zero attached hydrogens (tertiary/aromatic N) is 2. The summed E-state index contributed by atoms with van der Waals surface area (Å²) in [4.78, 5) is 35.2. The van der Waals surface area contributed by atoms with E-state index >= 15 is 0 Å². The molecule has 108 valence electrons. The van der Waals surface area contributed by atoms with Gasteiger partial charge in [-0.15, -0.1) is 0 Å². The van der Waals surface area contributed by atoms with Crippen LogP contribution < -0.4 is 5.32 Å². The molecule has 20 heavy (non-hydrogen) atoms. The lowest BCUT2D eigenvalue weighted by Gasteiger charge is -2.20. The molecule has 1 rings (SSSR count). The third kappa shape index (κ3) is 4.04. The number of carbonyl (C=O) groups is 2. The molecule has 0 heterocycles. The minimum absolute atomic E-state index is 0.0636. The highest BCUT2D eigenvalue weighted by molar-refractivity contribution is 5.97. The monoisotopic (exact) mass is 279 g/mol. The van der Waals surface area contributed by atoms with Crippen molar-refractivity contribution in [3.8, 4) is 0 Å². The Morgan fingerprint density at radius 3 is 2.60 bits per heavy atom. The van der Waals surface area contributed by atoms with Crippen molar-refractivity contribution in [2.24, 2.45) is 0 Å². The molecule has 2 amide bonds. The minimum atomic E-state index is -0.559. The predicted molar refractivity (Wildman–Crippen MR) is 73.4 cm³/mol. The lowest BCUT2D eigenvalue weighted by Crippen LogP contribution is -2.40. The summed E-state index contributed by atoms with van der Waals surface area (Å²) in [6.07, 6.45) is 0. The topological polar surface area (TPSA) is 92.6 Å². The molecule has 1 aromatic rings. The number of hydrogen-bond donors (Lipinski definition) is 1. The first-order chi connectivity index (χ1) is 9.49. The maximum atomic E-state index is 12.2. The molecule has 0 aliphatic heterocycles. The summed E-state index contributed by atoms with van der Waals surface area (Å²) >= 11 is 0. The second-order valence-electron chi connectivity index (χ2n) is 4.08. The first kappa shape index (κ1) is 15.6. The van der Waals surface area contributed by atoms with Gasteiger partial charge in [-0.1, -0.05) is 6.07 Å². The number of hydrogen-bond acceptors (Lipinski definition) is 4. The number of amides is 2. The highest BCUT2D eigenvalue weighted by Crippen LogP contribution is 2.14. The smallest absolute Gasteiger partial charge is 0.270 e. The summed E-state index contributed by atoms with van der Waals surface area (Å²) < 4.78 is 0. The largest absolute Gasteiger partial charge is 0.355 e. The zero-order valence-electron chi connectivity index (χ0n) is 11.5. The van der Waals surface area contributed by atoms with Crippen LogP contribution in [0.3, 0.4) is 0 Å². The Morgan fingerprint density at radius 1 is 1.35 bits per heavy atom. The molecule has 0 spiro atoms. The molecule has 0 atom stereocenters. The Kier molecular flexibility index (Phi) is 5.64. The number of benzene rings is 1. The number of likely N-dealkylation sites (N-methyl/N-ethyl adjacent to an activating group) is 2. The molecular weight excluding hydrogens is 262 g/mol. The van der Waals surface area contributed by atoms with Crippen LogP contribution in [0.1, 0.15) is 24.2 Å². The van der Waals surface area contributed by atoms with Crippen molar-refractivity contribution in [1.29, 1.82) is 0 Å². The summed E-state index contributed by atoms with van der Waals surface area (Å²) in [5.74, 6) is -0.657. The first-order valence-electron chi connectivity index (χ1n) is 6.30. The van der Waals surface area contributed by atoms with Crippen molar-refractivity contribution in [2.45, 2.75) is 13.8 Å². The van der Waals surface area contributed by atoms with Gasteiger partial charge in [0.2, 0.25) is 5.91 Å². The van der Waals surface area contributed by atoms with Crippen LogP contribution in [-0.4, -0.2) is 41.3 Å². The van der Waals surface area contributed by atoms with Crippen LogP contribution in [0.5, 0.6) is 0 Å². The molecule has 1 aromatic carbocycles. The van der Waals surface area contributed by atoms with Crippen molar-refractivity contribution in [3.05, 3.63) is 39.9 Å². The highest BCUT2D eigenvalue weighted by atomic mass is 16.6. The summed E-state index contributed by atoms with van der Waals surface area (Å²) in [6.45, 7) is 4.30. The van der Waals surface area contributed by atoms with Crippen LogP contribution in [-0.2, 0) is 4.79 Å². The maximum absolute atomic E-state index is 12.2. The molecule has 0 aromatic heterocycles. The van der Waals surface area contributed by atoms with Crippen LogP contribution in [0.15, 0.2) is 24.3 Å². The second-order valence-corrected chi connectivity index (χ2v) is 4.08. The lowest BCUT2D eigenvalue weighted by molar-refractivity contribution is -0.384. The third-order valence-corrected chi connectivity index (χ3v) is 2.68. The fourth-order valence-corrected chi connectivity index (χ4v) is 1.69. The van der Waals surface area contributed by atoms with Crippen LogP contribution in [0.4, 0.5) is 5.69 Å². The number of non-ortho nitro benzene ring substituents is 1. The first-order valence-corrected chi connectivity index (χ1v) is 6.30. The van der Waals surface area contributed by atoms with Gasteiger partial charge in [0.1, 0.15) is 0 Å². The van der Waals surface area contributed by atoms with Gasteiger partial charge in [0.25, 0.3) is 11.6 Å². The molecule has 0 radical (unpaired) electrons. The maximum Gasteiger partial charge on any atom is 0.270 e. The SMILES string of the molecule is CCNC(=O)CN(CC)C(=O)c1cccc([N+](=O)[O-])c1. The number of nitro groups is 1. The fraction of sp³-hybridized carbons (Fsp3) is 0.385. The highest BCUT2D eigenvalue weighted by Gasteiger charge is 2.19. The Balaban J connectivity index is 2.88. The van der Waals surface area contributed by atoms with E-state index < -0.39 is 10.8 Å². The van der Waals surface area contributed by atoms with Crippen LogP contribution in [0.2, 0.25) is 0 Å². The van der Waals surface area contributed by atoms with E-state index in [2.05, 4.69) is 5.32 Å². The van der Waals surface area contributed by atoms with Gasteiger partial charge in [0.05, 0.1) is 11.5 Å². The summed E-state index contributed by atoms with van der Waals surface area (Å²) in [7, 11) is 0. The Labute approximate surface area is 116 Å². The minimum Gasteiger partial charge on any atom is -0.355 e. The Hall–Kier alpha value is -2.44. The van der Waals surface area contributed by atoms with E-state index in [1.807, 2.05) is 0 Å². The molecular formula is C13H17N3O4. The van der Waals surface area contributed by atoms with Gasteiger partial charge < -0.3 is 10.2 Å². The van der Waals surface area contributed by atoms with Gasteiger partial charge in [0.15, 0.2) is 0 Å². The second kappa shape index (κ2) is 7.22. The van der Waals surface area contributed by atoms with E-state index in [1.165, 1.54) is 29.2 Å². The van der Waals surface area contributed by atoms with Gasteiger partial charge in [-0.2, -0.15) is 0 Å². The van der Waals surface area contributed by atoms with E-state index in [0.717, 1.165) is 0 Å². The van der Waals surface area contributed by atoms with Gasteiger partial charge in [0, 0.05) is 30.8 Å². The summed E-state index contributed by atoms with van der Waals surface area (Å²) in [6, 6.07) is 5.47. The number of nitrogens with one attached hydrogen (secondary N) is 1. The molecule has 0 saturated carbocycles. The Bertz CT molecular complexity index is 516. The Morgan fingerprint density at radius 2 is 2.05 bits per heavy atom. The zero-order chi connectivity index (χ0) is 15.1. The average molecular weight is 279 g/mol. The number of rotatable bonds is 6. The van der Waals surface area contributed by atoms with Gasteiger partial charge >= 0.3 is 0 Å². The van der Waals surface area contributed by atoms with Crippen LogP contribution in [0, 0.1) is 10.1 Å². The molecule has 0 aliphatic carbocycles. The van der Waals surface area contributed by atoms with E-state index in [0.29, 0.717) is 13.1 Å². The van der Waals surface area contributed by atoms with E-state index in [-0.39, 0.29) is 23.7 Å². The van der Waals surface area contributed by atoms with Gasteiger partial charge in [-0.05, 0) is 19.9 Å². The third-order valence-electron chi connectivity index (χ3n) is 2.68. The zero-order valence-corrected chi connectivity index (χ0v) is 11.5. The molecule has 1 N–H and O–H groups in total. The molecule has 0 saturated heterocycles. The normalized spacial score (nSPS) is 9.90. The van der Waals surface area contributed by atoms with Crippen molar-refractivity contribution >= 4 is 17.5 Å². The quantitative estimate of drug-likeness (QED) is 0.625. The molecule has 7 nitrogen and oxygen atoms in total. The molecule has 0 bridgehead atoms. The molecule has 7 heteroatoms. The predicted octanol–water partition coefficient (Wildman–Crippen LogP) is 1.19. The van der Waals surface area contributed by atoms with Crippen molar-refractivity contribution in [2.75, 3.05) is 19.6 Å². The average Bonchev–Trinajstić information content (AvgIpc) is 2.44.